The lowest BCUT2D eigenvalue weighted by atomic mass is 10.2. The van der Waals surface area contributed by atoms with Crippen molar-refractivity contribution in [1.29, 1.82) is 10.8 Å². The maximum atomic E-state index is 10.2. The van der Waals surface area contributed by atoms with Crippen LogP contribution in [0.25, 0.3) is 87.2 Å². The number of hydrogen-bond donors (Lipinski definition) is 2. The third kappa shape index (κ3) is 12.2. The molecular formula is C102H74N10Si2. The van der Waals surface area contributed by atoms with E-state index in [-0.39, 0.29) is 82.2 Å². The van der Waals surface area contributed by atoms with Crippen LogP contribution in [0.5, 0.6) is 0 Å². The topological polar surface area (TPSA) is 117 Å². The summed E-state index contributed by atoms with van der Waals surface area (Å²) < 4.78 is 431. The number of para-hydroxylation sites is 8. The molecule has 540 valence electrons. The molecule has 20 rings (SSSR count). The minimum atomic E-state index is -6.13. The highest BCUT2D eigenvalue weighted by Gasteiger charge is 2.43. The van der Waals surface area contributed by atoms with E-state index in [1.807, 2.05) is 0 Å². The van der Waals surface area contributed by atoms with E-state index >= 15 is 0 Å². The van der Waals surface area contributed by atoms with Crippen LogP contribution in [0.1, 0.15) is 75.6 Å². The Morgan fingerprint density at radius 1 is 0.246 bits per heavy atom. The van der Waals surface area contributed by atoms with Crippen LogP contribution in [0, 0.1) is 10.8 Å². The second-order valence-corrected chi connectivity index (χ2v) is 32.1. The van der Waals surface area contributed by atoms with Crippen molar-refractivity contribution in [1.82, 2.24) is 18.3 Å². The largest absolute Gasteiger partial charge is 0.300 e. The number of amidine groups is 2. The number of fused-ring (bicyclic) bond motifs is 12. The summed E-state index contributed by atoms with van der Waals surface area (Å²) >= 11 is 0. The van der Waals surface area contributed by atoms with E-state index in [4.69, 9.17) is 44.7 Å². The van der Waals surface area contributed by atoms with Crippen molar-refractivity contribution in [3.8, 4) is 0 Å². The molecule has 0 saturated heterocycles. The average molecular weight is 1540 g/mol. The highest BCUT2D eigenvalue weighted by molar-refractivity contribution is 7.20. The molecule has 0 aliphatic heterocycles. The number of aliphatic imine (C=N–C) groups is 4. The summed E-state index contributed by atoms with van der Waals surface area (Å²) in [4.78, 5) is 18.5. The van der Waals surface area contributed by atoms with Crippen LogP contribution < -0.4 is 41.5 Å². The van der Waals surface area contributed by atoms with Gasteiger partial charge >= 0.3 is 0 Å². The van der Waals surface area contributed by atoms with Gasteiger partial charge in [-0.1, -0.05) is 375 Å². The molecule has 2 N–H and O–H groups in total. The zero-order chi connectivity index (χ0) is 117. The number of hydrogen-bond acceptors (Lipinski definition) is 2. The quantitative estimate of drug-likeness (QED) is 0.0525. The maximum absolute atomic E-state index is 10.2. The molecule has 0 radical (unpaired) electrons. The molecule has 0 amide bonds. The lowest BCUT2D eigenvalue weighted by Crippen LogP contribution is -2.74. The van der Waals surface area contributed by atoms with Crippen molar-refractivity contribution in [3.63, 3.8) is 0 Å². The zero-order valence-corrected chi connectivity index (χ0v) is 60.5. The molecule has 10 nitrogen and oxygen atoms in total. The first kappa shape index (κ1) is 35.5. The monoisotopic (exact) mass is 1540 g/mol. The third-order valence-corrected chi connectivity index (χ3v) is 27.3. The first-order valence-electron chi connectivity index (χ1n) is 58.0. The van der Waals surface area contributed by atoms with E-state index in [0.29, 0.717) is 22.4 Å². The van der Waals surface area contributed by atoms with E-state index in [1.165, 1.54) is 62.2 Å². The smallest absolute Gasteiger partial charge is 0.238 e. The van der Waals surface area contributed by atoms with E-state index in [9.17, 15) is 35.5 Å². The normalized spacial score (nSPS) is 18.5. The molecule has 114 heavy (non-hydrogen) atoms. The van der Waals surface area contributed by atoms with Crippen LogP contribution in [0.2, 0.25) is 0 Å². The van der Waals surface area contributed by atoms with E-state index in [0.717, 1.165) is 23.3 Å². The second kappa shape index (κ2) is 30.2. The molecular weight excluding hydrogens is 1420 g/mol. The molecule has 0 aliphatic carbocycles. The third-order valence-electron chi connectivity index (χ3n) is 18.9. The summed E-state index contributed by atoms with van der Waals surface area (Å²) in [6.45, 7) is 0. The molecule has 1 atom stereocenters. The van der Waals surface area contributed by atoms with Gasteiger partial charge in [0.05, 0.1) is 109 Å². The number of benzene rings is 16. The summed E-state index contributed by atoms with van der Waals surface area (Å²) in [7, 11) is -11.4. The molecule has 4 aromatic heterocycles. The van der Waals surface area contributed by atoms with Crippen LogP contribution >= 0.6 is 0 Å². The van der Waals surface area contributed by atoms with Gasteiger partial charge in [-0.25, -0.2) is 9.98 Å². The van der Waals surface area contributed by atoms with Gasteiger partial charge < -0.3 is 0 Å². The van der Waals surface area contributed by atoms with Crippen LogP contribution in [0.15, 0.2) is 443 Å². The molecule has 0 spiro atoms. The Hall–Kier alpha value is -14.8. The predicted molar refractivity (Wildman–Crippen MR) is 485 cm³/mol. The Morgan fingerprint density at radius 3 is 0.947 bits per heavy atom. The highest BCUT2D eigenvalue weighted by atomic mass is 28.3. The van der Waals surface area contributed by atoms with Gasteiger partial charge in [-0.3, -0.25) is 29.1 Å². The molecule has 0 fully saturated rings. The van der Waals surface area contributed by atoms with Crippen molar-refractivity contribution < 1.29 is 64.4 Å². The fourth-order valence-corrected chi connectivity index (χ4v) is 21.7. The van der Waals surface area contributed by atoms with Crippen molar-refractivity contribution in [2.45, 2.75) is 0 Å². The first-order chi connectivity index (χ1) is 75.9. The molecule has 0 bridgehead atoms. The highest BCUT2D eigenvalue weighted by Crippen LogP contribution is 2.34. The zero-order valence-electron chi connectivity index (χ0n) is 106. The standard InChI is InChI=1S/2C51H37N5Si/c2*52-50(37-19-18-26-41(35-37)57(38-20-4-1-5-21-38,39-22-6-2-7-23-39)40-24-8-3-9-25-40)54-51(56-48-33-16-12-29-44(48)45-30-13-17-34-49(45)56)53-36-55-46-31-14-10-27-42(46)43-28-11-15-32-47(43)55/h2*1-36,52H/i1D,2D,3D,4D,5D,6D,7D,8D,9D,10D,12D,14D,16D,18D,19D,20D,21D,22D,23D,24D,26D,27D,29D,31D,33D,35D;1D,2D,4D,5D,6D,7D,10D,12D,14D,16D,18D,19D,20D,21D,22D,26D,27D,29D,31D,33D,35D. The molecule has 0 aliphatic rings. The predicted octanol–water partition coefficient (Wildman–Crippen LogP) is 18.2. The summed E-state index contributed by atoms with van der Waals surface area (Å²) in [6, 6.07) is -5.38. The Morgan fingerprint density at radius 2 is 0.544 bits per heavy atom. The number of nitrogens with zero attached hydrogens (tertiary/aromatic N) is 8. The molecule has 12 heteroatoms. The summed E-state index contributed by atoms with van der Waals surface area (Å²) in [5, 5.41) is 15.6. The van der Waals surface area contributed by atoms with Gasteiger partial charge in [-0.05, 0) is 89.9 Å². The fourth-order valence-electron chi connectivity index (χ4n) is 14.1. The Kier molecular flexibility index (Phi) is 9.40. The molecule has 16 aromatic carbocycles. The lowest BCUT2D eigenvalue weighted by Gasteiger charge is -2.34. The molecule has 4 heterocycles. The van der Waals surface area contributed by atoms with E-state index in [2.05, 4.69) is 15.0 Å². The van der Waals surface area contributed by atoms with E-state index < -0.39 is 365 Å². The Bertz CT molecular complexity index is 10100. The number of aromatic nitrogens is 4. The minimum absolute atomic E-state index is 0.00153. The van der Waals surface area contributed by atoms with Gasteiger partial charge in [0.1, 0.15) is 12.7 Å². The number of nitrogens with one attached hydrogen (secondary N) is 2. The van der Waals surface area contributed by atoms with Gasteiger partial charge in [0, 0.05) is 54.2 Å². The van der Waals surface area contributed by atoms with Gasteiger partial charge in [-0.2, -0.15) is 9.98 Å². The summed E-state index contributed by atoms with van der Waals surface area (Å²) in [6.07, 6.45) is 2.16. The maximum Gasteiger partial charge on any atom is 0.238 e. The minimum Gasteiger partial charge on any atom is -0.300 e. The number of rotatable bonds is 12. The van der Waals surface area contributed by atoms with Crippen LogP contribution in [-0.2, 0) is 0 Å². The fraction of sp³-hybridized carbons (Fsp3) is 0. The van der Waals surface area contributed by atoms with E-state index in [1.54, 1.807) is 78.9 Å². The van der Waals surface area contributed by atoms with Gasteiger partial charge in [0.25, 0.3) is 0 Å². The summed E-state index contributed by atoms with van der Waals surface area (Å²) in [5.41, 5.74) is -1.69. The van der Waals surface area contributed by atoms with Crippen molar-refractivity contribution in [2.75, 3.05) is 0 Å². The van der Waals surface area contributed by atoms with Crippen LogP contribution in [-0.4, -0.2) is 70.7 Å². The second-order valence-electron chi connectivity index (χ2n) is 24.9. The van der Waals surface area contributed by atoms with Gasteiger partial charge in [0.15, 0.2) is 27.8 Å². The van der Waals surface area contributed by atoms with Gasteiger partial charge in [0.2, 0.25) is 11.9 Å². The Balaban J connectivity index is 0.000000199. The van der Waals surface area contributed by atoms with Gasteiger partial charge in [-0.15, -0.1) is 0 Å². The molecule has 0 saturated carbocycles. The Labute approximate surface area is 727 Å². The summed E-state index contributed by atoms with van der Waals surface area (Å²) in [5.74, 6) is -3.61. The van der Waals surface area contributed by atoms with Crippen molar-refractivity contribution in [3.05, 3.63) is 435 Å². The molecule has 20 aromatic rings. The first-order valence-corrected chi connectivity index (χ1v) is 38.5. The lowest BCUT2D eigenvalue weighted by molar-refractivity contribution is 1.20. The SMILES string of the molecule is [2H]c1cc([Si](c2c([2H])c([2H])c([2H])c([2H])c2[2H])(c2c([2H])c([2H])c([2H])c([2H])c2[2H])c2c([2H])c([2H])c([2H])c(C(=N)N=C(N=Cn3c4ccccc4c4c([2H])c([2H])c([2H])c([2H])c43)n3c4ccccc4c4c([2H])c([2H])c([2H])c([2H])c43)c2[2H])c([2H])c([2H])c1[2H].[2H]c1cc([Si](c2ccccc2)(c2c([2H])c([2H])c([2H])c([2H])c2[2H])c2c([2H])c([2H])c([2H])c(C(=N)N=C(N=Cn3c4ccccc4c4c([2H])c([2H])c([2H])c([2H])c43)n3c4ccccc4c4c([2H])c([2H])c([2H])c([2H])c43)c2[2H])c([2H])c([2H])c1[2H]. The van der Waals surface area contributed by atoms with Crippen LogP contribution in [0.4, 0.5) is 0 Å². The van der Waals surface area contributed by atoms with Crippen molar-refractivity contribution in [2.24, 2.45) is 20.0 Å². The van der Waals surface area contributed by atoms with Crippen LogP contribution in [0.3, 0.4) is 0 Å². The molecule has 1 unspecified atom stereocenters. The average Bonchev–Trinajstić information content (AvgIpc) is 0.837. The van der Waals surface area contributed by atoms with Crippen molar-refractivity contribution >= 4 is 181 Å².